The average Bonchev–Trinajstić information content (AvgIpc) is 2.40. The minimum Gasteiger partial charge on any atom is -0.303 e. The zero-order chi connectivity index (χ0) is 15.1. The van der Waals surface area contributed by atoms with Gasteiger partial charge in [0.05, 0.1) is 10.6 Å². The molecule has 0 fully saturated rings. The van der Waals surface area contributed by atoms with E-state index in [4.69, 9.17) is 0 Å². The second-order valence-corrected chi connectivity index (χ2v) is 6.78. The maximum Gasteiger partial charge on any atom is 0.179 e. The summed E-state index contributed by atoms with van der Waals surface area (Å²) in [5.41, 5.74) is -0.0473. The van der Waals surface area contributed by atoms with Gasteiger partial charge in [-0.15, -0.1) is 0 Å². The first-order valence-corrected chi connectivity index (χ1v) is 8.24. The van der Waals surface area contributed by atoms with Crippen molar-refractivity contribution in [2.75, 3.05) is 5.75 Å². The van der Waals surface area contributed by atoms with E-state index in [1.54, 1.807) is 32.0 Å². The summed E-state index contributed by atoms with van der Waals surface area (Å²) in [6, 6.07) is 6.94. The molecule has 0 atom stereocenters. The summed E-state index contributed by atoms with van der Waals surface area (Å²) in [5, 5.41) is 0. The summed E-state index contributed by atoms with van der Waals surface area (Å²) in [7, 11) is -3.40. The molecule has 0 aliphatic carbocycles. The fourth-order valence-electron chi connectivity index (χ4n) is 1.70. The van der Waals surface area contributed by atoms with Crippen molar-refractivity contribution in [2.45, 2.75) is 45.9 Å². The minimum atomic E-state index is -3.40. The second kappa shape index (κ2) is 7.43. The summed E-state index contributed by atoms with van der Waals surface area (Å²) < 4.78 is 24.5. The largest absolute Gasteiger partial charge is 0.303 e. The number of carbonyl (C=O) groups excluding carboxylic acids is 1. The summed E-state index contributed by atoms with van der Waals surface area (Å²) in [6.45, 7) is 9.18. The molecule has 0 spiro atoms. The first-order chi connectivity index (χ1) is 8.82. The van der Waals surface area contributed by atoms with Crippen LogP contribution < -0.4 is 0 Å². The van der Waals surface area contributed by atoms with Crippen LogP contribution in [0.4, 0.5) is 0 Å². The van der Waals surface area contributed by atoms with E-state index in [1.165, 1.54) is 0 Å². The van der Waals surface area contributed by atoms with E-state index < -0.39 is 15.3 Å². The number of aryl methyl sites for hydroxylation is 1. The van der Waals surface area contributed by atoms with E-state index in [0.29, 0.717) is 17.6 Å². The van der Waals surface area contributed by atoms with Crippen LogP contribution in [0.5, 0.6) is 0 Å². The molecule has 0 bridgehead atoms. The number of rotatable bonds is 5. The molecule has 4 heteroatoms. The Morgan fingerprint density at radius 3 is 2.16 bits per heavy atom. The van der Waals surface area contributed by atoms with Gasteiger partial charge >= 0.3 is 0 Å². The molecule has 3 nitrogen and oxygen atoms in total. The Balaban J connectivity index is 0.00000154. The lowest BCUT2D eigenvalue weighted by Gasteiger charge is -2.17. The molecule has 0 unspecified atom stereocenters. The van der Waals surface area contributed by atoms with Gasteiger partial charge in [-0.3, -0.25) is 0 Å². The van der Waals surface area contributed by atoms with Gasteiger partial charge < -0.3 is 4.79 Å². The Morgan fingerprint density at radius 2 is 1.68 bits per heavy atom. The molecule has 0 saturated carbocycles. The number of carbonyl (C=O) groups is 1. The van der Waals surface area contributed by atoms with Crippen molar-refractivity contribution < 1.29 is 13.2 Å². The molecule has 0 saturated heterocycles. The monoisotopic (exact) mass is 284 g/mol. The normalized spacial score (nSPS) is 11.4. The maximum absolute atomic E-state index is 12.2. The molecule has 19 heavy (non-hydrogen) atoms. The Labute approximate surface area is 117 Å². The van der Waals surface area contributed by atoms with Crippen LogP contribution in [0.3, 0.4) is 0 Å². The molecule has 1 aromatic rings. The highest BCUT2D eigenvalue weighted by molar-refractivity contribution is 7.91. The lowest BCUT2D eigenvalue weighted by molar-refractivity contribution is -0.113. The van der Waals surface area contributed by atoms with Gasteiger partial charge in [0.1, 0.15) is 6.29 Å². The molecule has 0 aliphatic heterocycles. The van der Waals surface area contributed by atoms with Gasteiger partial charge in [0.25, 0.3) is 0 Å². The Morgan fingerprint density at radius 1 is 1.16 bits per heavy atom. The van der Waals surface area contributed by atoms with Crippen LogP contribution in [0.15, 0.2) is 29.2 Å². The number of hydrogen-bond acceptors (Lipinski definition) is 3. The first-order valence-electron chi connectivity index (χ1n) is 6.59. The number of sulfone groups is 1. The van der Waals surface area contributed by atoms with Crippen LogP contribution in [0.2, 0.25) is 0 Å². The lowest BCUT2D eigenvalue weighted by atomic mass is 10.00. The highest BCUT2D eigenvalue weighted by Gasteiger charge is 2.28. The van der Waals surface area contributed by atoms with Crippen molar-refractivity contribution in [1.82, 2.24) is 0 Å². The van der Waals surface area contributed by atoms with Crippen molar-refractivity contribution in [2.24, 2.45) is 5.41 Å². The van der Waals surface area contributed by atoms with Crippen LogP contribution in [0, 0.1) is 5.41 Å². The zero-order valence-electron chi connectivity index (χ0n) is 12.4. The van der Waals surface area contributed by atoms with Gasteiger partial charge in [-0.05, 0) is 18.1 Å². The van der Waals surface area contributed by atoms with Crippen LogP contribution in [-0.2, 0) is 21.1 Å². The topological polar surface area (TPSA) is 51.2 Å². The van der Waals surface area contributed by atoms with Crippen LogP contribution >= 0.6 is 0 Å². The second-order valence-electron chi connectivity index (χ2n) is 4.83. The van der Waals surface area contributed by atoms with Gasteiger partial charge in [0.15, 0.2) is 9.84 Å². The standard InChI is InChI=1S/C13H18O3S.C2H6/c1-4-11-7-5-6-8-12(11)17(15,16)10-13(2,3)9-14;1-2/h5-9H,4,10H2,1-3H3;1-2H3. The van der Waals surface area contributed by atoms with E-state index >= 15 is 0 Å². The molecule has 108 valence electrons. The van der Waals surface area contributed by atoms with Crippen molar-refractivity contribution in [3.63, 3.8) is 0 Å². The van der Waals surface area contributed by atoms with Crippen molar-refractivity contribution in [3.05, 3.63) is 29.8 Å². The Hall–Kier alpha value is -1.16. The molecular weight excluding hydrogens is 260 g/mol. The van der Waals surface area contributed by atoms with Gasteiger partial charge in [-0.2, -0.15) is 0 Å². The zero-order valence-corrected chi connectivity index (χ0v) is 13.3. The fraction of sp³-hybridized carbons (Fsp3) is 0.533. The summed E-state index contributed by atoms with van der Waals surface area (Å²) in [4.78, 5) is 11.2. The smallest absolute Gasteiger partial charge is 0.179 e. The molecule has 1 rings (SSSR count). The van der Waals surface area contributed by atoms with Crippen molar-refractivity contribution in [3.8, 4) is 0 Å². The molecule has 0 N–H and O–H groups in total. The third kappa shape index (κ3) is 5.15. The first kappa shape index (κ1) is 17.8. The highest BCUT2D eigenvalue weighted by Crippen LogP contribution is 2.23. The molecule has 0 aromatic heterocycles. The molecule has 0 radical (unpaired) electrons. The average molecular weight is 284 g/mol. The fourth-order valence-corrected chi connectivity index (χ4v) is 3.80. The van der Waals surface area contributed by atoms with Crippen LogP contribution in [-0.4, -0.2) is 20.5 Å². The SMILES string of the molecule is CC.CCc1ccccc1S(=O)(=O)CC(C)(C)C=O. The highest BCUT2D eigenvalue weighted by atomic mass is 32.2. The van der Waals surface area contributed by atoms with Crippen molar-refractivity contribution >= 4 is 16.1 Å². The molecule has 0 heterocycles. The third-order valence-corrected chi connectivity index (χ3v) is 4.76. The van der Waals surface area contributed by atoms with Gasteiger partial charge in [0, 0.05) is 5.41 Å². The Kier molecular flexibility index (Phi) is 6.98. The summed E-state index contributed by atoms with van der Waals surface area (Å²) in [5.74, 6) is -0.152. The van der Waals surface area contributed by atoms with E-state index in [2.05, 4.69) is 0 Å². The Bertz CT molecular complexity index is 502. The van der Waals surface area contributed by atoms with Gasteiger partial charge in [-0.1, -0.05) is 52.8 Å². The predicted molar refractivity (Wildman–Crippen MR) is 79.1 cm³/mol. The van der Waals surface area contributed by atoms with Gasteiger partial charge in [-0.25, -0.2) is 8.42 Å². The molecule has 0 amide bonds. The molecular formula is C15H24O3S. The third-order valence-electron chi connectivity index (χ3n) is 2.57. The summed E-state index contributed by atoms with van der Waals surface area (Å²) in [6.07, 6.45) is 1.36. The van der Waals surface area contributed by atoms with E-state index in [1.807, 2.05) is 26.8 Å². The number of benzene rings is 1. The predicted octanol–water partition coefficient (Wildman–Crippen LogP) is 3.27. The number of aldehydes is 1. The van der Waals surface area contributed by atoms with Crippen molar-refractivity contribution in [1.29, 1.82) is 0 Å². The maximum atomic E-state index is 12.2. The number of hydrogen-bond donors (Lipinski definition) is 0. The molecule has 1 aromatic carbocycles. The van der Waals surface area contributed by atoms with Crippen LogP contribution in [0.1, 0.15) is 40.2 Å². The lowest BCUT2D eigenvalue weighted by Crippen LogP contribution is -2.26. The van der Waals surface area contributed by atoms with E-state index in [9.17, 15) is 13.2 Å². The molecule has 0 aliphatic rings. The van der Waals surface area contributed by atoms with E-state index in [0.717, 1.165) is 5.56 Å². The summed E-state index contributed by atoms with van der Waals surface area (Å²) >= 11 is 0. The van der Waals surface area contributed by atoms with Crippen LogP contribution in [0.25, 0.3) is 0 Å². The minimum absolute atomic E-state index is 0.152. The van der Waals surface area contributed by atoms with E-state index in [-0.39, 0.29) is 5.75 Å². The quantitative estimate of drug-likeness (QED) is 0.780. The van der Waals surface area contributed by atoms with Gasteiger partial charge in [0.2, 0.25) is 0 Å².